The van der Waals surface area contributed by atoms with Gasteiger partial charge < -0.3 is 4.42 Å². The van der Waals surface area contributed by atoms with Crippen LogP contribution in [0.1, 0.15) is 25.0 Å². The van der Waals surface area contributed by atoms with Crippen LogP contribution in [-0.4, -0.2) is 0 Å². The summed E-state index contributed by atoms with van der Waals surface area (Å²) in [5.74, 6) is 0. The number of fused-ring (bicyclic) bond motifs is 13. The summed E-state index contributed by atoms with van der Waals surface area (Å²) in [5, 5.41) is 12.5. The maximum absolute atomic E-state index is 6.79. The zero-order chi connectivity index (χ0) is 37.1. The third-order valence-electron chi connectivity index (χ3n) is 12.6. The van der Waals surface area contributed by atoms with Crippen LogP contribution >= 0.6 is 0 Å². The van der Waals surface area contributed by atoms with Crippen molar-refractivity contribution in [2.45, 2.75) is 19.3 Å². The average Bonchev–Trinajstić information content (AvgIpc) is 3.75. The fourth-order valence-corrected chi connectivity index (χ4v) is 10.1. The van der Waals surface area contributed by atoms with Crippen molar-refractivity contribution in [3.63, 3.8) is 0 Å². The summed E-state index contributed by atoms with van der Waals surface area (Å²) in [4.78, 5) is 0. The van der Waals surface area contributed by atoms with Crippen molar-refractivity contribution in [2.24, 2.45) is 0 Å². The van der Waals surface area contributed by atoms with Crippen molar-refractivity contribution < 1.29 is 4.42 Å². The van der Waals surface area contributed by atoms with Crippen LogP contribution in [0.15, 0.2) is 186 Å². The van der Waals surface area contributed by atoms with E-state index in [2.05, 4.69) is 196 Å². The molecule has 0 radical (unpaired) electrons. The van der Waals surface area contributed by atoms with Crippen LogP contribution in [0.25, 0.3) is 110 Å². The van der Waals surface area contributed by atoms with E-state index in [0.717, 1.165) is 11.2 Å². The summed E-state index contributed by atoms with van der Waals surface area (Å²) in [6.07, 6.45) is 0. The van der Waals surface area contributed by atoms with Gasteiger partial charge in [0.2, 0.25) is 0 Å². The maximum Gasteiger partial charge on any atom is 0.144 e. The number of hydrogen-bond donors (Lipinski definition) is 0. The molecular weight excluding hydrogens is 677 g/mol. The minimum absolute atomic E-state index is 0.247. The average molecular weight is 713 g/mol. The van der Waals surface area contributed by atoms with Gasteiger partial charge in [-0.1, -0.05) is 172 Å². The largest absolute Gasteiger partial charge is 0.455 e. The molecule has 0 fully saturated rings. The second-order valence-corrected chi connectivity index (χ2v) is 16.0. The number of rotatable bonds is 3. The highest BCUT2D eigenvalue weighted by molar-refractivity contribution is 6.26. The van der Waals surface area contributed by atoms with E-state index in [9.17, 15) is 0 Å². The Balaban J connectivity index is 1.09. The zero-order valence-corrected chi connectivity index (χ0v) is 31.2. The van der Waals surface area contributed by atoms with Crippen LogP contribution in [0, 0.1) is 0 Å². The molecule has 1 nitrogen and oxygen atoms in total. The van der Waals surface area contributed by atoms with E-state index < -0.39 is 0 Å². The fraction of sp³-hybridized carbons (Fsp3) is 0.0545. The summed E-state index contributed by atoms with van der Waals surface area (Å²) in [6.45, 7) is 4.79. The predicted octanol–water partition coefficient (Wildman–Crippen LogP) is 15.5. The lowest BCUT2D eigenvalue weighted by atomic mass is 9.78. The van der Waals surface area contributed by atoms with Gasteiger partial charge in [0.25, 0.3) is 0 Å². The molecular formula is C55H36O. The van der Waals surface area contributed by atoms with Crippen LogP contribution in [-0.2, 0) is 5.41 Å². The number of para-hydroxylation sites is 1. The Kier molecular flexibility index (Phi) is 6.46. The Labute approximate surface area is 325 Å². The molecule has 0 N–H and O–H groups in total. The molecule has 0 unspecified atom stereocenters. The van der Waals surface area contributed by atoms with E-state index in [1.807, 2.05) is 0 Å². The number of benzene rings is 10. The standard InChI is InChI=1S/C55H36O/c1-55(2)47-32-37(28-29-45(47)52-53(55)44-21-11-10-20-43(44)51-46-22-12-13-23-48(46)56-54(51)52)50-41-18-8-6-16-39(41)49(40-17-7-9-19-42(40)50)36-27-25-34-24-26-35(30-38(34)31-36)33-14-4-3-5-15-33/h3-32H,1-2H3. The first-order valence-corrected chi connectivity index (χ1v) is 19.6. The van der Waals surface area contributed by atoms with Crippen LogP contribution in [0.5, 0.6) is 0 Å². The first kappa shape index (κ1) is 31.4. The molecule has 1 heteroatoms. The molecule has 0 saturated heterocycles. The molecule has 1 aromatic heterocycles. The molecule has 11 aromatic rings. The smallest absolute Gasteiger partial charge is 0.144 e. The molecule has 56 heavy (non-hydrogen) atoms. The third kappa shape index (κ3) is 4.31. The molecule has 1 aliphatic rings. The molecule has 12 rings (SSSR count). The Morgan fingerprint density at radius 2 is 0.893 bits per heavy atom. The normalized spacial score (nSPS) is 13.3. The lowest BCUT2D eigenvalue weighted by molar-refractivity contribution is 0.658. The van der Waals surface area contributed by atoms with Crippen molar-refractivity contribution in [1.29, 1.82) is 0 Å². The summed E-state index contributed by atoms with van der Waals surface area (Å²) in [6, 6.07) is 67.0. The summed E-state index contributed by atoms with van der Waals surface area (Å²) < 4.78 is 6.79. The molecule has 0 atom stereocenters. The highest BCUT2D eigenvalue weighted by Gasteiger charge is 2.40. The Bertz CT molecular complexity index is 3380. The van der Waals surface area contributed by atoms with Crippen molar-refractivity contribution in [2.75, 3.05) is 0 Å². The van der Waals surface area contributed by atoms with E-state index in [0.29, 0.717) is 0 Å². The highest BCUT2D eigenvalue weighted by Crippen LogP contribution is 2.57. The van der Waals surface area contributed by atoms with Gasteiger partial charge >= 0.3 is 0 Å². The van der Waals surface area contributed by atoms with Gasteiger partial charge in [-0.3, -0.25) is 0 Å². The molecule has 0 bridgehead atoms. The monoisotopic (exact) mass is 712 g/mol. The van der Waals surface area contributed by atoms with Crippen LogP contribution < -0.4 is 0 Å². The molecule has 10 aromatic carbocycles. The quantitative estimate of drug-likeness (QED) is 0.166. The summed E-state index contributed by atoms with van der Waals surface area (Å²) in [5.41, 5.74) is 14.4. The topological polar surface area (TPSA) is 13.1 Å². The SMILES string of the molecule is CC1(C)c2cc(-c3c4ccccc4c(-c4ccc5ccc(-c6ccccc6)cc5c4)c4ccccc34)ccc2-c2c1c1ccccc1c1c2oc2ccccc21. The third-order valence-corrected chi connectivity index (χ3v) is 12.6. The molecule has 262 valence electrons. The maximum atomic E-state index is 6.79. The second-order valence-electron chi connectivity index (χ2n) is 16.0. The first-order valence-electron chi connectivity index (χ1n) is 19.6. The van der Waals surface area contributed by atoms with E-state index in [4.69, 9.17) is 4.42 Å². The minimum Gasteiger partial charge on any atom is -0.455 e. The molecule has 0 spiro atoms. The molecule has 0 saturated carbocycles. The first-order chi connectivity index (χ1) is 27.5. The van der Waals surface area contributed by atoms with Crippen molar-refractivity contribution in [3.05, 3.63) is 193 Å². The van der Waals surface area contributed by atoms with Gasteiger partial charge in [-0.05, 0) is 117 Å². The van der Waals surface area contributed by atoms with E-state index in [-0.39, 0.29) is 5.41 Å². The Morgan fingerprint density at radius 3 is 1.57 bits per heavy atom. The van der Waals surface area contributed by atoms with Crippen LogP contribution in [0.4, 0.5) is 0 Å². The van der Waals surface area contributed by atoms with Crippen LogP contribution in [0.2, 0.25) is 0 Å². The second kappa shape index (κ2) is 11.5. The lowest BCUT2D eigenvalue weighted by Crippen LogP contribution is -2.15. The molecule has 1 heterocycles. The van der Waals surface area contributed by atoms with Gasteiger partial charge in [0.05, 0.1) is 0 Å². The van der Waals surface area contributed by atoms with E-state index in [1.54, 1.807) is 0 Å². The van der Waals surface area contributed by atoms with Gasteiger partial charge in [-0.25, -0.2) is 0 Å². The van der Waals surface area contributed by atoms with E-state index in [1.165, 1.54) is 109 Å². The Morgan fingerprint density at radius 1 is 0.375 bits per heavy atom. The fourth-order valence-electron chi connectivity index (χ4n) is 10.1. The minimum atomic E-state index is -0.247. The van der Waals surface area contributed by atoms with Crippen molar-refractivity contribution >= 4 is 65.0 Å². The molecule has 1 aliphatic carbocycles. The summed E-state index contributed by atoms with van der Waals surface area (Å²) >= 11 is 0. The lowest BCUT2D eigenvalue weighted by Gasteiger charge is -2.24. The zero-order valence-electron chi connectivity index (χ0n) is 31.2. The molecule has 0 aliphatic heterocycles. The predicted molar refractivity (Wildman–Crippen MR) is 238 cm³/mol. The van der Waals surface area contributed by atoms with Gasteiger partial charge in [-0.15, -0.1) is 0 Å². The van der Waals surface area contributed by atoms with Gasteiger partial charge in [-0.2, -0.15) is 0 Å². The van der Waals surface area contributed by atoms with Crippen molar-refractivity contribution in [3.8, 4) is 44.5 Å². The van der Waals surface area contributed by atoms with Gasteiger partial charge in [0.15, 0.2) is 0 Å². The Hall–Kier alpha value is -6.96. The van der Waals surface area contributed by atoms with E-state index >= 15 is 0 Å². The summed E-state index contributed by atoms with van der Waals surface area (Å²) in [7, 11) is 0. The number of furan rings is 1. The number of hydrogen-bond acceptors (Lipinski definition) is 1. The highest BCUT2D eigenvalue weighted by atomic mass is 16.3. The van der Waals surface area contributed by atoms with Crippen LogP contribution in [0.3, 0.4) is 0 Å². The molecule has 0 amide bonds. The van der Waals surface area contributed by atoms with Gasteiger partial charge in [0, 0.05) is 21.8 Å². The van der Waals surface area contributed by atoms with Gasteiger partial charge in [0.1, 0.15) is 11.2 Å². The van der Waals surface area contributed by atoms with Crippen molar-refractivity contribution in [1.82, 2.24) is 0 Å².